The maximum atomic E-state index is 5.84. The van der Waals surface area contributed by atoms with Crippen molar-refractivity contribution in [1.82, 2.24) is 10.2 Å². The zero-order valence-corrected chi connectivity index (χ0v) is 16.9. The molecule has 4 nitrogen and oxygen atoms in total. The van der Waals surface area contributed by atoms with Gasteiger partial charge in [-0.1, -0.05) is 23.7 Å². The standard InChI is InChI=1S/C19H23ClN2O2.2ClH/c20-17-3-7-19(8-4-17)24-14-13-23-18-5-1-16(2-6-18)15-22-11-9-21-10-12-22;;/h1-8,21H,9-15H2;2*1H. The summed E-state index contributed by atoms with van der Waals surface area (Å²) in [6.45, 7) is 6.40. The number of hydrogen-bond acceptors (Lipinski definition) is 4. The van der Waals surface area contributed by atoms with Crippen molar-refractivity contribution in [1.29, 1.82) is 0 Å². The van der Waals surface area contributed by atoms with Crippen LogP contribution in [-0.2, 0) is 6.54 Å². The molecular formula is C19H25Cl3N2O2. The number of hydrogen-bond donors (Lipinski definition) is 1. The van der Waals surface area contributed by atoms with Crippen LogP contribution in [0.4, 0.5) is 0 Å². The number of halogens is 3. The molecule has 2 aromatic rings. The van der Waals surface area contributed by atoms with Gasteiger partial charge in [0.25, 0.3) is 0 Å². The molecule has 2 aromatic carbocycles. The van der Waals surface area contributed by atoms with Gasteiger partial charge in [0.1, 0.15) is 24.7 Å². The Morgan fingerprint density at radius 3 is 1.85 bits per heavy atom. The second-order valence-electron chi connectivity index (χ2n) is 5.82. The predicted octanol–water partition coefficient (Wildman–Crippen LogP) is 4.05. The van der Waals surface area contributed by atoms with Crippen molar-refractivity contribution in [2.75, 3.05) is 39.4 Å². The minimum absolute atomic E-state index is 0. The first-order valence-electron chi connectivity index (χ1n) is 8.33. The molecule has 144 valence electrons. The Balaban J connectivity index is 0.00000169. The summed E-state index contributed by atoms with van der Waals surface area (Å²) in [5, 5.41) is 4.08. The van der Waals surface area contributed by atoms with Crippen LogP contribution in [0.5, 0.6) is 11.5 Å². The Morgan fingerprint density at radius 1 is 0.808 bits per heavy atom. The number of benzene rings is 2. The minimum atomic E-state index is 0. The summed E-state index contributed by atoms with van der Waals surface area (Å²) in [7, 11) is 0. The molecule has 1 aliphatic heterocycles. The zero-order chi connectivity index (χ0) is 16.6. The Kier molecular flexibility index (Phi) is 10.8. The van der Waals surface area contributed by atoms with E-state index in [1.165, 1.54) is 5.56 Å². The number of rotatable bonds is 7. The van der Waals surface area contributed by atoms with Crippen molar-refractivity contribution in [3.8, 4) is 11.5 Å². The fourth-order valence-electron chi connectivity index (χ4n) is 2.67. The molecule has 0 aliphatic carbocycles. The van der Waals surface area contributed by atoms with Crippen molar-refractivity contribution in [2.24, 2.45) is 0 Å². The monoisotopic (exact) mass is 418 g/mol. The number of nitrogens with one attached hydrogen (secondary N) is 1. The highest BCUT2D eigenvalue weighted by atomic mass is 35.5. The minimum Gasteiger partial charge on any atom is -0.490 e. The molecule has 0 saturated carbocycles. The maximum absolute atomic E-state index is 5.84. The van der Waals surface area contributed by atoms with Gasteiger partial charge in [0, 0.05) is 37.7 Å². The van der Waals surface area contributed by atoms with Crippen LogP contribution < -0.4 is 14.8 Å². The summed E-state index contributed by atoms with van der Waals surface area (Å²) in [6, 6.07) is 15.7. The van der Waals surface area contributed by atoms with Gasteiger partial charge in [0.15, 0.2) is 0 Å². The van der Waals surface area contributed by atoms with Crippen molar-refractivity contribution in [3.05, 3.63) is 59.1 Å². The molecule has 0 spiro atoms. The Bertz CT molecular complexity index is 618. The normalized spacial score (nSPS) is 14.0. The van der Waals surface area contributed by atoms with E-state index in [1.54, 1.807) is 0 Å². The van der Waals surface area contributed by atoms with E-state index < -0.39 is 0 Å². The van der Waals surface area contributed by atoms with Crippen LogP contribution in [-0.4, -0.2) is 44.3 Å². The predicted molar refractivity (Wildman–Crippen MR) is 112 cm³/mol. The summed E-state index contributed by atoms with van der Waals surface area (Å²) >= 11 is 5.84. The van der Waals surface area contributed by atoms with Crippen LogP contribution in [0, 0.1) is 0 Å². The highest BCUT2D eigenvalue weighted by Gasteiger charge is 2.09. The molecule has 0 unspecified atom stereocenters. The Morgan fingerprint density at radius 2 is 1.31 bits per heavy atom. The molecule has 0 bridgehead atoms. The third kappa shape index (κ3) is 7.60. The lowest BCUT2D eigenvalue weighted by Crippen LogP contribution is -2.42. The fraction of sp³-hybridized carbons (Fsp3) is 0.368. The molecule has 1 aliphatic rings. The first-order chi connectivity index (χ1) is 11.8. The first-order valence-corrected chi connectivity index (χ1v) is 8.70. The van der Waals surface area contributed by atoms with Crippen LogP contribution in [0.15, 0.2) is 48.5 Å². The second-order valence-corrected chi connectivity index (χ2v) is 6.26. The van der Waals surface area contributed by atoms with Crippen LogP contribution in [0.25, 0.3) is 0 Å². The number of piperazine rings is 1. The smallest absolute Gasteiger partial charge is 0.122 e. The van der Waals surface area contributed by atoms with Gasteiger partial charge in [-0.05, 0) is 42.0 Å². The summed E-state index contributed by atoms with van der Waals surface area (Å²) in [5.74, 6) is 1.67. The molecule has 0 amide bonds. The topological polar surface area (TPSA) is 33.7 Å². The highest BCUT2D eigenvalue weighted by molar-refractivity contribution is 6.30. The average molecular weight is 420 g/mol. The van der Waals surface area contributed by atoms with Crippen molar-refractivity contribution >= 4 is 36.4 Å². The summed E-state index contributed by atoms with van der Waals surface area (Å²) in [5.41, 5.74) is 1.32. The highest BCUT2D eigenvalue weighted by Crippen LogP contribution is 2.16. The lowest BCUT2D eigenvalue weighted by molar-refractivity contribution is 0.216. The molecule has 1 N–H and O–H groups in total. The molecule has 0 aromatic heterocycles. The van der Waals surface area contributed by atoms with Crippen molar-refractivity contribution in [2.45, 2.75) is 6.54 Å². The average Bonchev–Trinajstić information content (AvgIpc) is 2.62. The van der Waals surface area contributed by atoms with Gasteiger partial charge >= 0.3 is 0 Å². The van der Waals surface area contributed by atoms with E-state index in [0.29, 0.717) is 18.2 Å². The summed E-state index contributed by atoms with van der Waals surface area (Å²) < 4.78 is 11.3. The number of ether oxygens (including phenoxy) is 2. The van der Waals surface area contributed by atoms with Crippen molar-refractivity contribution in [3.63, 3.8) is 0 Å². The molecule has 0 atom stereocenters. The molecule has 1 fully saturated rings. The van der Waals surface area contributed by atoms with Crippen LogP contribution in [0.3, 0.4) is 0 Å². The zero-order valence-electron chi connectivity index (χ0n) is 14.5. The largest absolute Gasteiger partial charge is 0.490 e. The maximum Gasteiger partial charge on any atom is 0.122 e. The second kappa shape index (κ2) is 12.3. The molecule has 7 heteroatoms. The van der Waals surface area contributed by atoms with E-state index in [9.17, 15) is 0 Å². The van der Waals surface area contributed by atoms with Gasteiger partial charge in [0.2, 0.25) is 0 Å². The SMILES string of the molecule is Cl.Cl.Clc1ccc(OCCOc2ccc(CN3CCNCC3)cc2)cc1. The summed E-state index contributed by atoms with van der Waals surface area (Å²) in [6.07, 6.45) is 0. The van der Waals surface area contributed by atoms with E-state index in [0.717, 1.165) is 44.2 Å². The van der Waals surface area contributed by atoms with Gasteiger partial charge in [-0.2, -0.15) is 0 Å². The van der Waals surface area contributed by atoms with Gasteiger partial charge in [-0.15, -0.1) is 24.8 Å². The fourth-order valence-corrected chi connectivity index (χ4v) is 2.79. The van der Waals surface area contributed by atoms with Crippen LogP contribution >= 0.6 is 36.4 Å². The van der Waals surface area contributed by atoms with Crippen LogP contribution in [0.1, 0.15) is 5.56 Å². The van der Waals surface area contributed by atoms with Gasteiger partial charge in [-0.25, -0.2) is 0 Å². The number of nitrogens with zero attached hydrogens (tertiary/aromatic N) is 1. The van der Waals surface area contributed by atoms with E-state index in [-0.39, 0.29) is 24.8 Å². The van der Waals surface area contributed by atoms with Crippen molar-refractivity contribution < 1.29 is 9.47 Å². The molecule has 1 heterocycles. The molecule has 3 rings (SSSR count). The van der Waals surface area contributed by atoms with E-state index in [2.05, 4.69) is 22.3 Å². The first kappa shape index (κ1) is 22.9. The molecular weight excluding hydrogens is 395 g/mol. The van der Waals surface area contributed by atoms with E-state index in [1.807, 2.05) is 36.4 Å². The van der Waals surface area contributed by atoms with Gasteiger partial charge in [-0.3, -0.25) is 4.90 Å². The Labute approximate surface area is 172 Å². The lowest BCUT2D eigenvalue weighted by atomic mass is 10.2. The third-order valence-corrected chi connectivity index (χ3v) is 4.23. The summed E-state index contributed by atoms with van der Waals surface area (Å²) in [4.78, 5) is 2.46. The molecule has 0 radical (unpaired) electrons. The van der Waals surface area contributed by atoms with Gasteiger partial charge in [0.05, 0.1) is 0 Å². The third-order valence-electron chi connectivity index (χ3n) is 3.97. The van der Waals surface area contributed by atoms with Gasteiger partial charge < -0.3 is 14.8 Å². The van der Waals surface area contributed by atoms with Crippen LogP contribution in [0.2, 0.25) is 5.02 Å². The van der Waals surface area contributed by atoms with E-state index >= 15 is 0 Å². The lowest BCUT2D eigenvalue weighted by Gasteiger charge is -2.27. The van der Waals surface area contributed by atoms with E-state index in [4.69, 9.17) is 21.1 Å². The molecule has 1 saturated heterocycles. The molecule has 26 heavy (non-hydrogen) atoms. The quantitative estimate of drug-likeness (QED) is 0.687. The Hall–Kier alpha value is -1.17.